The molecule has 0 aliphatic rings. The van der Waals surface area contributed by atoms with Crippen LogP contribution in [0.5, 0.6) is 0 Å². The standard InChI is InChI=1S/C9H6ClF2NO4S2/c10-19(16,17)2-1-18(14,15)9-7(11)3-6(5-13)4-8(9)12/h3-4H,1-2H2. The molecule has 0 aromatic heterocycles. The van der Waals surface area contributed by atoms with Gasteiger partial charge in [-0.2, -0.15) is 5.26 Å². The van der Waals surface area contributed by atoms with E-state index >= 15 is 0 Å². The minimum atomic E-state index is -4.50. The third kappa shape index (κ3) is 4.12. The van der Waals surface area contributed by atoms with Crippen molar-refractivity contribution in [2.24, 2.45) is 0 Å². The second-order valence-corrected chi connectivity index (χ2v) is 8.39. The van der Waals surface area contributed by atoms with Crippen LogP contribution in [0.2, 0.25) is 0 Å². The average Bonchev–Trinajstić information content (AvgIpc) is 2.24. The van der Waals surface area contributed by atoms with E-state index in [-0.39, 0.29) is 5.56 Å². The van der Waals surface area contributed by atoms with E-state index in [9.17, 15) is 25.6 Å². The molecule has 0 atom stereocenters. The molecule has 0 amide bonds. The largest absolute Gasteiger partial charge is 0.233 e. The zero-order valence-electron chi connectivity index (χ0n) is 9.10. The summed E-state index contributed by atoms with van der Waals surface area (Å²) in [6, 6.07) is 2.55. The monoisotopic (exact) mass is 329 g/mol. The minimum absolute atomic E-state index is 0.390. The first-order chi connectivity index (χ1) is 8.57. The molecule has 0 aliphatic carbocycles. The van der Waals surface area contributed by atoms with Crippen molar-refractivity contribution in [2.75, 3.05) is 11.5 Å². The Balaban J connectivity index is 3.27. The van der Waals surface area contributed by atoms with Gasteiger partial charge in [-0.15, -0.1) is 0 Å². The number of nitrogens with zero attached hydrogens (tertiary/aromatic N) is 1. The van der Waals surface area contributed by atoms with Gasteiger partial charge in [-0.1, -0.05) is 0 Å². The van der Waals surface area contributed by atoms with Crippen molar-refractivity contribution >= 4 is 29.6 Å². The Labute approximate surface area is 112 Å². The summed E-state index contributed by atoms with van der Waals surface area (Å²) in [5.74, 6) is -4.94. The molecule has 0 saturated heterocycles. The van der Waals surface area contributed by atoms with Gasteiger partial charge in [0, 0.05) is 10.7 Å². The third-order valence-corrected chi connectivity index (χ3v) is 5.20. The van der Waals surface area contributed by atoms with Crippen molar-refractivity contribution in [1.82, 2.24) is 0 Å². The van der Waals surface area contributed by atoms with Gasteiger partial charge in [-0.05, 0) is 12.1 Å². The van der Waals surface area contributed by atoms with Crippen LogP contribution in [-0.2, 0) is 18.9 Å². The molecule has 0 fully saturated rings. The van der Waals surface area contributed by atoms with E-state index in [0.717, 1.165) is 0 Å². The van der Waals surface area contributed by atoms with Crippen molar-refractivity contribution in [3.63, 3.8) is 0 Å². The van der Waals surface area contributed by atoms with E-state index in [0.29, 0.717) is 12.1 Å². The molecule has 0 saturated carbocycles. The van der Waals surface area contributed by atoms with Gasteiger partial charge in [0.2, 0.25) is 9.05 Å². The van der Waals surface area contributed by atoms with E-state index in [2.05, 4.69) is 0 Å². The maximum absolute atomic E-state index is 13.5. The summed E-state index contributed by atoms with van der Waals surface area (Å²) in [5.41, 5.74) is -0.390. The van der Waals surface area contributed by atoms with E-state index < -0.39 is 46.9 Å². The van der Waals surface area contributed by atoms with Crippen LogP contribution in [0, 0.1) is 23.0 Å². The number of nitriles is 1. The third-order valence-electron chi connectivity index (χ3n) is 2.03. The van der Waals surface area contributed by atoms with Gasteiger partial charge >= 0.3 is 0 Å². The zero-order valence-corrected chi connectivity index (χ0v) is 11.5. The van der Waals surface area contributed by atoms with Gasteiger partial charge in [-0.25, -0.2) is 25.6 Å². The second kappa shape index (κ2) is 5.40. The first-order valence-electron chi connectivity index (χ1n) is 4.61. The van der Waals surface area contributed by atoms with E-state index in [1.165, 1.54) is 6.07 Å². The number of hydrogen-bond donors (Lipinski definition) is 0. The van der Waals surface area contributed by atoms with Crippen LogP contribution < -0.4 is 0 Å². The smallest absolute Gasteiger partial charge is 0.223 e. The molecular formula is C9H6ClF2NO4S2. The van der Waals surface area contributed by atoms with E-state index in [4.69, 9.17) is 15.9 Å². The maximum atomic E-state index is 13.5. The second-order valence-electron chi connectivity index (χ2n) is 3.44. The number of halogens is 3. The van der Waals surface area contributed by atoms with E-state index in [1.54, 1.807) is 0 Å². The number of hydrogen-bond acceptors (Lipinski definition) is 5. The summed E-state index contributed by atoms with van der Waals surface area (Å²) in [6.07, 6.45) is 0. The SMILES string of the molecule is N#Cc1cc(F)c(S(=O)(=O)CCS(=O)(=O)Cl)c(F)c1. The lowest BCUT2D eigenvalue weighted by Gasteiger charge is -2.06. The molecule has 0 radical (unpaired) electrons. The lowest BCUT2D eigenvalue weighted by molar-refractivity contribution is 0.519. The van der Waals surface area contributed by atoms with Crippen molar-refractivity contribution in [3.05, 3.63) is 29.3 Å². The van der Waals surface area contributed by atoms with Gasteiger partial charge in [0.15, 0.2) is 9.84 Å². The summed E-state index contributed by atoms with van der Waals surface area (Å²) in [6.45, 7) is 0. The fraction of sp³-hybridized carbons (Fsp3) is 0.222. The summed E-state index contributed by atoms with van der Waals surface area (Å²) >= 11 is 0. The summed E-state index contributed by atoms with van der Waals surface area (Å²) in [7, 11) is -3.78. The lowest BCUT2D eigenvalue weighted by Crippen LogP contribution is -2.17. The maximum Gasteiger partial charge on any atom is 0.233 e. The Morgan fingerprint density at radius 3 is 1.95 bits per heavy atom. The van der Waals surface area contributed by atoms with Crippen molar-refractivity contribution in [2.45, 2.75) is 4.90 Å². The summed E-state index contributed by atoms with van der Waals surface area (Å²) < 4.78 is 71.5. The Bertz CT molecular complexity index is 730. The number of sulfone groups is 1. The molecule has 1 rings (SSSR count). The highest BCUT2D eigenvalue weighted by Gasteiger charge is 2.26. The van der Waals surface area contributed by atoms with Crippen LogP contribution in [0.3, 0.4) is 0 Å². The lowest BCUT2D eigenvalue weighted by atomic mass is 10.2. The van der Waals surface area contributed by atoms with Gasteiger partial charge < -0.3 is 0 Å². The van der Waals surface area contributed by atoms with Crippen LogP contribution >= 0.6 is 10.7 Å². The highest BCUT2D eigenvalue weighted by atomic mass is 35.7. The van der Waals surface area contributed by atoms with Crippen LogP contribution in [0.15, 0.2) is 17.0 Å². The molecule has 5 nitrogen and oxygen atoms in total. The normalized spacial score (nSPS) is 12.1. The molecule has 0 heterocycles. The summed E-state index contributed by atoms with van der Waals surface area (Å²) in [4.78, 5) is -1.27. The molecule has 0 bridgehead atoms. The van der Waals surface area contributed by atoms with Gasteiger partial charge in [-0.3, -0.25) is 0 Å². The molecule has 1 aromatic carbocycles. The van der Waals surface area contributed by atoms with Gasteiger partial charge in [0.25, 0.3) is 0 Å². The average molecular weight is 330 g/mol. The molecular weight excluding hydrogens is 324 g/mol. The first-order valence-corrected chi connectivity index (χ1v) is 8.74. The zero-order chi connectivity index (χ0) is 14.8. The number of benzene rings is 1. The van der Waals surface area contributed by atoms with Crippen LogP contribution in [0.25, 0.3) is 0 Å². The fourth-order valence-electron chi connectivity index (χ4n) is 1.23. The molecule has 1 aromatic rings. The molecule has 0 spiro atoms. The van der Waals surface area contributed by atoms with E-state index in [1.807, 2.05) is 0 Å². The van der Waals surface area contributed by atoms with Crippen LogP contribution in [0.1, 0.15) is 5.56 Å². The predicted molar refractivity (Wildman–Crippen MR) is 62.8 cm³/mol. The molecule has 0 N–H and O–H groups in total. The van der Waals surface area contributed by atoms with Crippen molar-refractivity contribution < 1.29 is 25.6 Å². The Morgan fingerprint density at radius 1 is 1.11 bits per heavy atom. The topological polar surface area (TPSA) is 92.1 Å². The minimum Gasteiger partial charge on any atom is -0.223 e. The Hall–Kier alpha value is -1.24. The summed E-state index contributed by atoms with van der Waals surface area (Å²) in [5, 5.41) is 8.46. The quantitative estimate of drug-likeness (QED) is 0.773. The Kier molecular flexibility index (Phi) is 4.50. The number of rotatable bonds is 4. The molecule has 104 valence electrons. The van der Waals surface area contributed by atoms with Crippen LogP contribution in [0.4, 0.5) is 8.78 Å². The van der Waals surface area contributed by atoms with Gasteiger partial charge in [0.1, 0.15) is 16.5 Å². The van der Waals surface area contributed by atoms with Gasteiger partial charge in [0.05, 0.1) is 23.1 Å². The van der Waals surface area contributed by atoms with Crippen LogP contribution in [-0.4, -0.2) is 28.3 Å². The molecule has 10 heteroatoms. The highest BCUT2D eigenvalue weighted by Crippen LogP contribution is 2.22. The predicted octanol–water partition coefficient (Wildman–Crippen LogP) is 1.18. The van der Waals surface area contributed by atoms with Crippen molar-refractivity contribution in [1.29, 1.82) is 5.26 Å². The fourth-order valence-corrected chi connectivity index (χ4v) is 4.39. The molecule has 0 unspecified atom stereocenters. The molecule has 0 aliphatic heterocycles. The first kappa shape index (κ1) is 15.8. The highest BCUT2D eigenvalue weighted by molar-refractivity contribution is 8.14. The van der Waals surface area contributed by atoms with Crippen molar-refractivity contribution in [3.8, 4) is 6.07 Å². The Morgan fingerprint density at radius 2 is 1.58 bits per heavy atom. The molecule has 19 heavy (non-hydrogen) atoms.